The molecule has 0 bridgehead atoms. The summed E-state index contributed by atoms with van der Waals surface area (Å²) in [4.78, 5) is 10.4. The number of sulfonamides is 1. The molecule has 2 heterocycles. The minimum atomic E-state index is -3.35. The summed E-state index contributed by atoms with van der Waals surface area (Å²) >= 11 is 0. The first-order chi connectivity index (χ1) is 13.0. The van der Waals surface area contributed by atoms with Gasteiger partial charge in [0.05, 0.1) is 5.75 Å². The van der Waals surface area contributed by atoms with Crippen molar-refractivity contribution in [3.63, 3.8) is 0 Å². The van der Waals surface area contributed by atoms with Crippen molar-refractivity contribution in [2.75, 3.05) is 24.5 Å². The Hall–Kier alpha value is -2.50. The number of hydrogen-bond donors (Lipinski definition) is 1. The van der Waals surface area contributed by atoms with Crippen LogP contribution in [-0.2, 0) is 15.8 Å². The van der Waals surface area contributed by atoms with Gasteiger partial charge in [0.2, 0.25) is 10.0 Å². The third kappa shape index (κ3) is 5.25. The molecule has 0 unspecified atom stereocenters. The Bertz CT molecular complexity index is 914. The molecule has 8 heteroatoms. The van der Waals surface area contributed by atoms with Crippen molar-refractivity contribution in [2.45, 2.75) is 25.5 Å². The second kappa shape index (κ2) is 8.46. The lowest BCUT2D eigenvalue weighted by atomic mass is 9.97. The van der Waals surface area contributed by atoms with E-state index >= 15 is 0 Å². The molecule has 1 saturated heterocycles. The predicted molar refractivity (Wildman–Crippen MR) is 103 cm³/mol. The van der Waals surface area contributed by atoms with Gasteiger partial charge in [0.25, 0.3) is 0 Å². The van der Waals surface area contributed by atoms with Crippen molar-refractivity contribution in [3.8, 4) is 6.07 Å². The van der Waals surface area contributed by atoms with E-state index in [0.717, 1.165) is 37.1 Å². The van der Waals surface area contributed by atoms with Crippen molar-refractivity contribution in [1.29, 1.82) is 5.26 Å². The summed E-state index contributed by atoms with van der Waals surface area (Å²) < 4.78 is 27.4. The average Bonchev–Trinajstić information content (AvgIpc) is 2.68. The molecule has 3 rings (SSSR count). The lowest BCUT2D eigenvalue weighted by molar-refractivity contribution is 0.400. The van der Waals surface area contributed by atoms with Crippen LogP contribution in [0, 0.1) is 24.2 Å². The molecule has 7 nitrogen and oxygen atoms in total. The summed E-state index contributed by atoms with van der Waals surface area (Å²) in [7, 11) is -3.35. The summed E-state index contributed by atoms with van der Waals surface area (Å²) in [5.74, 6) is 0.881. The highest BCUT2D eigenvalue weighted by molar-refractivity contribution is 7.88. The van der Waals surface area contributed by atoms with Gasteiger partial charge in [-0.1, -0.05) is 29.8 Å². The van der Waals surface area contributed by atoms with Gasteiger partial charge < -0.3 is 4.90 Å². The largest absolute Gasteiger partial charge is 0.354 e. The average molecular weight is 385 g/mol. The van der Waals surface area contributed by atoms with Gasteiger partial charge in [0.1, 0.15) is 6.07 Å². The molecule has 1 aliphatic heterocycles. The number of nitrogens with one attached hydrogen (secondary N) is 1. The van der Waals surface area contributed by atoms with Crippen LogP contribution in [0.25, 0.3) is 0 Å². The molecule has 27 heavy (non-hydrogen) atoms. The number of benzene rings is 1. The van der Waals surface area contributed by atoms with E-state index in [1.807, 2.05) is 36.1 Å². The molecule has 0 saturated carbocycles. The molecular formula is C19H23N5O2S. The SMILES string of the molecule is Cc1ccc(CS(=O)(=O)NCC2CCN(c3nccnc3C#N)CC2)cc1. The van der Waals surface area contributed by atoms with E-state index < -0.39 is 10.0 Å². The number of piperidine rings is 1. The highest BCUT2D eigenvalue weighted by atomic mass is 32.2. The summed E-state index contributed by atoms with van der Waals surface area (Å²) in [6.07, 6.45) is 4.78. The topological polar surface area (TPSA) is 99.0 Å². The van der Waals surface area contributed by atoms with Gasteiger partial charge in [0, 0.05) is 32.0 Å². The molecule has 142 valence electrons. The molecule has 1 aliphatic rings. The maximum absolute atomic E-state index is 12.3. The zero-order chi connectivity index (χ0) is 19.3. The third-order valence-electron chi connectivity index (χ3n) is 4.77. The minimum absolute atomic E-state index is 0.00272. The Balaban J connectivity index is 1.50. The Morgan fingerprint density at radius 1 is 1.19 bits per heavy atom. The summed E-state index contributed by atoms with van der Waals surface area (Å²) in [6.45, 7) is 3.88. The van der Waals surface area contributed by atoms with E-state index in [4.69, 9.17) is 5.26 Å². The molecule has 0 aliphatic carbocycles. The first kappa shape index (κ1) is 19.3. The van der Waals surface area contributed by atoms with Gasteiger partial charge >= 0.3 is 0 Å². The summed E-state index contributed by atoms with van der Waals surface area (Å²) in [5, 5.41) is 9.16. The van der Waals surface area contributed by atoms with Crippen LogP contribution in [-0.4, -0.2) is 38.0 Å². The van der Waals surface area contributed by atoms with E-state index in [1.54, 1.807) is 6.20 Å². The van der Waals surface area contributed by atoms with Crippen molar-refractivity contribution in [3.05, 3.63) is 53.5 Å². The molecule has 0 atom stereocenters. The second-order valence-electron chi connectivity index (χ2n) is 6.86. The number of anilines is 1. The Labute approximate surface area is 160 Å². The third-order valence-corrected chi connectivity index (χ3v) is 6.09. The number of hydrogen-bond acceptors (Lipinski definition) is 6. The van der Waals surface area contributed by atoms with Gasteiger partial charge in [-0.05, 0) is 31.2 Å². The number of rotatable bonds is 6. The minimum Gasteiger partial charge on any atom is -0.354 e. The van der Waals surface area contributed by atoms with Gasteiger partial charge in [-0.25, -0.2) is 23.1 Å². The first-order valence-corrected chi connectivity index (χ1v) is 10.6. The van der Waals surface area contributed by atoms with E-state index in [-0.39, 0.29) is 11.7 Å². The lowest BCUT2D eigenvalue weighted by Crippen LogP contribution is -2.39. The molecule has 1 fully saturated rings. The van der Waals surface area contributed by atoms with Crippen LogP contribution >= 0.6 is 0 Å². The van der Waals surface area contributed by atoms with E-state index in [0.29, 0.717) is 18.1 Å². The number of aryl methyl sites for hydroxylation is 1. The number of nitriles is 1. The molecule has 0 amide bonds. The monoisotopic (exact) mass is 385 g/mol. The van der Waals surface area contributed by atoms with E-state index in [2.05, 4.69) is 20.8 Å². The smallest absolute Gasteiger partial charge is 0.215 e. The standard InChI is InChI=1S/C19H23N5O2S/c1-15-2-4-17(5-3-15)14-27(25,26)23-13-16-6-10-24(11-7-16)19-18(12-20)21-8-9-22-19/h2-5,8-9,16,23H,6-7,10-11,13-14H2,1H3. The van der Waals surface area contributed by atoms with Crippen molar-refractivity contribution in [2.24, 2.45) is 5.92 Å². The summed E-state index contributed by atoms with van der Waals surface area (Å²) in [5.41, 5.74) is 2.22. The number of aromatic nitrogens is 2. The Morgan fingerprint density at radius 3 is 2.52 bits per heavy atom. The molecule has 0 radical (unpaired) electrons. The zero-order valence-electron chi connectivity index (χ0n) is 15.3. The fourth-order valence-electron chi connectivity index (χ4n) is 3.19. The maximum Gasteiger partial charge on any atom is 0.215 e. The normalized spacial score (nSPS) is 15.5. The van der Waals surface area contributed by atoms with Crippen LogP contribution in [0.3, 0.4) is 0 Å². The zero-order valence-corrected chi connectivity index (χ0v) is 16.1. The highest BCUT2D eigenvalue weighted by Crippen LogP contribution is 2.23. The molecule has 1 N–H and O–H groups in total. The Morgan fingerprint density at radius 2 is 1.85 bits per heavy atom. The second-order valence-corrected chi connectivity index (χ2v) is 8.67. The predicted octanol–water partition coefficient (Wildman–Crippen LogP) is 1.99. The lowest BCUT2D eigenvalue weighted by Gasteiger charge is -2.32. The molecule has 0 spiro atoms. The van der Waals surface area contributed by atoms with Crippen LogP contribution in [0.5, 0.6) is 0 Å². The van der Waals surface area contributed by atoms with Gasteiger partial charge in [-0.2, -0.15) is 5.26 Å². The molecule has 1 aromatic heterocycles. The fraction of sp³-hybridized carbons (Fsp3) is 0.421. The molecule has 1 aromatic carbocycles. The van der Waals surface area contributed by atoms with Crippen LogP contribution in [0.4, 0.5) is 5.82 Å². The fourth-order valence-corrected chi connectivity index (χ4v) is 4.41. The first-order valence-electron chi connectivity index (χ1n) is 8.96. The van der Waals surface area contributed by atoms with Crippen molar-refractivity contribution >= 4 is 15.8 Å². The quantitative estimate of drug-likeness (QED) is 0.816. The van der Waals surface area contributed by atoms with E-state index in [9.17, 15) is 8.42 Å². The van der Waals surface area contributed by atoms with Gasteiger partial charge in [-0.3, -0.25) is 0 Å². The van der Waals surface area contributed by atoms with Crippen LogP contribution in [0.2, 0.25) is 0 Å². The van der Waals surface area contributed by atoms with Gasteiger partial charge in [-0.15, -0.1) is 0 Å². The summed E-state index contributed by atoms with van der Waals surface area (Å²) in [6, 6.07) is 9.60. The number of nitrogens with zero attached hydrogens (tertiary/aromatic N) is 4. The maximum atomic E-state index is 12.3. The van der Waals surface area contributed by atoms with Crippen LogP contribution in [0.15, 0.2) is 36.7 Å². The Kier molecular flexibility index (Phi) is 6.04. The van der Waals surface area contributed by atoms with Gasteiger partial charge in [0.15, 0.2) is 11.5 Å². The highest BCUT2D eigenvalue weighted by Gasteiger charge is 2.23. The molecule has 2 aromatic rings. The van der Waals surface area contributed by atoms with Crippen molar-refractivity contribution in [1.82, 2.24) is 14.7 Å². The van der Waals surface area contributed by atoms with Crippen molar-refractivity contribution < 1.29 is 8.42 Å². The molecular weight excluding hydrogens is 362 g/mol. The van der Waals surface area contributed by atoms with Crippen LogP contribution < -0.4 is 9.62 Å². The van der Waals surface area contributed by atoms with Crippen LogP contribution in [0.1, 0.15) is 29.7 Å². The van der Waals surface area contributed by atoms with E-state index in [1.165, 1.54) is 6.20 Å².